The van der Waals surface area contributed by atoms with Crippen molar-refractivity contribution < 1.29 is 9.21 Å². The van der Waals surface area contributed by atoms with E-state index in [1.54, 1.807) is 6.20 Å². The van der Waals surface area contributed by atoms with Crippen LogP contribution in [0.25, 0.3) is 16.9 Å². The van der Waals surface area contributed by atoms with Crippen LogP contribution in [0.3, 0.4) is 0 Å². The minimum Gasteiger partial charge on any atom is -0.466 e. The van der Waals surface area contributed by atoms with Gasteiger partial charge >= 0.3 is 0 Å². The number of imidazole rings is 1. The highest BCUT2D eigenvalue weighted by molar-refractivity contribution is 5.93. The molecule has 0 spiro atoms. The van der Waals surface area contributed by atoms with Gasteiger partial charge in [0.2, 0.25) is 0 Å². The van der Waals surface area contributed by atoms with Crippen LogP contribution >= 0.6 is 0 Å². The van der Waals surface area contributed by atoms with Crippen molar-refractivity contribution in [3.63, 3.8) is 0 Å². The van der Waals surface area contributed by atoms with Gasteiger partial charge in [0.05, 0.1) is 12.7 Å². The summed E-state index contributed by atoms with van der Waals surface area (Å²) in [6, 6.07) is 7.70. The smallest absolute Gasteiger partial charge is 0.272 e. The predicted molar refractivity (Wildman–Crippen MR) is 99.4 cm³/mol. The van der Waals surface area contributed by atoms with E-state index in [0.29, 0.717) is 18.8 Å². The molecular formula is C20H19N5O2. The summed E-state index contributed by atoms with van der Waals surface area (Å²) in [5, 5.41) is 7.65. The molecule has 7 nitrogen and oxygen atoms in total. The third kappa shape index (κ3) is 2.46. The molecule has 0 bridgehead atoms. The second kappa shape index (κ2) is 5.84. The normalized spacial score (nSPS) is 13.9. The number of aryl methyl sites for hydroxylation is 2. The minimum atomic E-state index is -0.0217. The average molecular weight is 361 g/mol. The van der Waals surface area contributed by atoms with Crippen molar-refractivity contribution in [1.82, 2.24) is 24.5 Å². The monoisotopic (exact) mass is 361 g/mol. The largest absolute Gasteiger partial charge is 0.466 e. The predicted octanol–water partition coefficient (Wildman–Crippen LogP) is 3.13. The first-order valence-corrected chi connectivity index (χ1v) is 8.96. The maximum absolute atomic E-state index is 13.1. The molecule has 0 unspecified atom stereocenters. The standard InChI is InChI=1S/C20H19N5O2/c1-12-9-14(13(2)27-12)19-15-11-24(8-6-16(15)22-23-19)20(26)17-10-21-18-5-3-4-7-25(17)18/h3-5,7,9-10H,6,8,11H2,1-2H3,(H,22,23). The number of aromatic nitrogens is 4. The Bertz CT molecular complexity index is 1170. The molecule has 1 aliphatic heterocycles. The van der Waals surface area contributed by atoms with E-state index in [1.807, 2.05) is 53.6 Å². The first-order valence-electron chi connectivity index (χ1n) is 8.96. The molecule has 5 heterocycles. The number of rotatable bonds is 2. The van der Waals surface area contributed by atoms with Gasteiger partial charge in [-0.15, -0.1) is 0 Å². The molecule has 27 heavy (non-hydrogen) atoms. The second-order valence-electron chi connectivity index (χ2n) is 6.91. The van der Waals surface area contributed by atoms with Gasteiger partial charge in [-0.05, 0) is 32.0 Å². The Balaban J connectivity index is 1.50. The zero-order valence-electron chi connectivity index (χ0n) is 15.2. The molecule has 5 rings (SSSR count). The molecule has 7 heteroatoms. The van der Waals surface area contributed by atoms with Crippen molar-refractivity contribution in [1.29, 1.82) is 0 Å². The van der Waals surface area contributed by atoms with Crippen LogP contribution in [0.4, 0.5) is 0 Å². The molecule has 136 valence electrons. The highest BCUT2D eigenvalue weighted by Gasteiger charge is 2.28. The Morgan fingerprint density at radius 2 is 2.19 bits per heavy atom. The Labute approximate surface area is 155 Å². The van der Waals surface area contributed by atoms with E-state index in [-0.39, 0.29) is 5.91 Å². The number of nitrogens with zero attached hydrogens (tertiary/aromatic N) is 4. The van der Waals surface area contributed by atoms with Crippen molar-refractivity contribution >= 4 is 11.6 Å². The minimum absolute atomic E-state index is 0.0217. The van der Waals surface area contributed by atoms with Gasteiger partial charge in [-0.1, -0.05) is 6.07 Å². The summed E-state index contributed by atoms with van der Waals surface area (Å²) in [4.78, 5) is 19.3. The molecule has 0 saturated heterocycles. The first-order chi connectivity index (χ1) is 13.1. The third-order valence-corrected chi connectivity index (χ3v) is 5.15. The molecule has 1 aliphatic rings. The summed E-state index contributed by atoms with van der Waals surface area (Å²) in [6.07, 6.45) is 4.26. The number of fused-ring (bicyclic) bond motifs is 2. The van der Waals surface area contributed by atoms with E-state index in [9.17, 15) is 4.79 Å². The van der Waals surface area contributed by atoms with E-state index in [2.05, 4.69) is 15.2 Å². The molecular weight excluding hydrogens is 342 g/mol. The highest BCUT2D eigenvalue weighted by Crippen LogP contribution is 2.32. The maximum atomic E-state index is 13.1. The van der Waals surface area contributed by atoms with Gasteiger partial charge in [0.1, 0.15) is 28.6 Å². The number of carbonyl (C=O) groups excluding carboxylic acids is 1. The number of hydrogen-bond acceptors (Lipinski definition) is 4. The van der Waals surface area contributed by atoms with Crippen LogP contribution in [-0.2, 0) is 13.0 Å². The van der Waals surface area contributed by atoms with Gasteiger partial charge in [0, 0.05) is 36.0 Å². The molecule has 1 amide bonds. The molecule has 1 N–H and O–H groups in total. The van der Waals surface area contributed by atoms with Crippen molar-refractivity contribution in [3.05, 3.63) is 65.1 Å². The molecule has 0 saturated carbocycles. The quantitative estimate of drug-likeness (QED) is 0.595. The van der Waals surface area contributed by atoms with Crippen LogP contribution < -0.4 is 0 Å². The lowest BCUT2D eigenvalue weighted by Gasteiger charge is -2.27. The lowest BCUT2D eigenvalue weighted by molar-refractivity contribution is 0.0727. The van der Waals surface area contributed by atoms with E-state index >= 15 is 0 Å². The van der Waals surface area contributed by atoms with Crippen molar-refractivity contribution in [2.24, 2.45) is 0 Å². The van der Waals surface area contributed by atoms with Crippen molar-refractivity contribution in [2.45, 2.75) is 26.8 Å². The molecule has 0 radical (unpaired) electrons. The van der Waals surface area contributed by atoms with E-state index in [1.165, 1.54) is 0 Å². The van der Waals surface area contributed by atoms with Crippen LogP contribution in [0.1, 0.15) is 33.3 Å². The summed E-state index contributed by atoms with van der Waals surface area (Å²) >= 11 is 0. The summed E-state index contributed by atoms with van der Waals surface area (Å²) in [7, 11) is 0. The maximum Gasteiger partial charge on any atom is 0.272 e. The molecule has 4 aromatic heterocycles. The van der Waals surface area contributed by atoms with Crippen LogP contribution in [0.2, 0.25) is 0 Å². The average Bonchev–Trinajstić information content (AvgIpc) is 3.36. The number of furan rings is 1. The summed E-state index contributed by atoms with van der Waals surface area (Å²) < 4.78 is 7.50. The fourth-order valence-corrected chi connectivity index (χ4v) is 3.81. The Morgan fingerprint density at radius 3 is 3.00 bits per heavy atom. The number of pyridine rings is 1. The van der Waals surface area contributed by atoms with Crippen LogP contribution in [0, 0.1) is 13.8 Å². The van der Waals surface area contributed by atoms with E-state index in [4.69, 9.17) is 4.42 Å². The van der Waals surface area contributed by atoms with E-state index in [0.717, 1.165) is 46.1 Å². The number of H-pyrrole nitrogens is 1. The number of aromatic amines is 1. The number of nitrogens with one attached hydrogen (secondary N) is 1. The molecule has 0 aliphatic carbocycles. The van der Waals surface area contributed by atoms with Gasteiger partial charge in [0.25, 0.3) is 5.91 Å². The Kier molecular flexibility index (Phi) is 3.43. The topological polar surface area (TPSA) is 79.4 Å². The lowest BCUT2D eigenvalue weighted by Crippen LogP contribution is -2.36. The van der Waals surface area contributed by atoms with Crippen LogP contribution in [0.5, 0.6) is 0 Å². The molecule has 4 aromatic rings. The second-order valence-corrected chi connectivity index (χ2v) is 6.91. The Morgan fingerprint density at radius 1 is 1.30 bits per heavy atom. The summed E-state index contributed by atoms with van der Waals surface area (Å²) in [5.74, 6) is 1.67. The first kappa shape index (κ1) is 15.9. The molecule has 0 atom stereocenters. The van der Waals surface area contributed by atoms with E-state index < -0.39 is 0 Å². The van der Waals surface area contributed by atoms with Crippen LogP contribution in [-0.4, -0.2) is 36.9 Å². The zero-order chi connectivity index (χ0) is 18.5. The van der Waals surface area contributed by atoms with Gasteiger partial charge in [-0.3, -0.25) is 14.3 Å². The van der Waals surface area contributed by atoms with Crippen LogP contribution in [0.15, 0.2) is 41.1 Å². The number of carbonyl (C=O) groups is 1. The summed E-state index contributed by atoms with van der Waals surface area (Å²) in [5.41, 5.74) is 5.35. The fraction of sp³-hybridized carbons (Fsp3) is 0.250. The fourth-order valence-electron chi connectivity index (χ4n) is 3.81. The summed E-state index contributed by atoms with van der Waals surface area (Å²) in [6.45, 7) is 5.03. The number of amides is 1. The third-order valence-electron chi connectivity index (χ3n) is 5.15. The van der Waals surface area contributed by atoms with Gasteiger partial charge in [-0.2, -0.15) is 5.10 Å². The SMILES string of the molecule is Cc1cc(-c2n[nH]c3c2CN(C(=O)c2cnc4ccccn24)CC3)c(C)o1. The lowest BCUT2D eigenvalue weighted by atomic mass is 10.0. The zero-order valence-corrected chi connectivity index (χ0v) is 15.2. The molecule has 0 fully saturated rings. The number of hydrogen-bond donors (Lipinski definition) is 1. The van der Waals surface area contributed by atoms with Crippen molar-refractivity contribution in [3.8, 4) is 11.3 Å². The van der Waals surface area contributed by atoms with Gasteiger partial charge in [-0.25, -0.2) is 4.98 Å². The molecule has 0 aromatic carbocycles. The van der Waals surface area contributed by atoms with Gasteiger partial charge < -0.3 is 9.32 Å². The highest BCUT2D eigenvalue weighted by atomic mass is 16.3. The van der Waals surface area contributed by atoms with Crippen molar-refractivity contribution in [2.75, 3.05) is 6.54 Å². The Hall–Kier alpha value is -3.35. The van der Waals surface area contributed by atoms with Gasteiger partial charge in [0.15, 0.2) is 0 Å².